The maximum atomic E-state index is 11.0. The van der Waals surface area contributed by atoms with Gasteiger partial charge in [0.15, 0.2) is 0 Å². The highest BCUT2D eigenvalue weighted by molar-refractivity contribution is 7.86. The van der Waals surface area contributed by atoms with Gasteiger partial charge in [-0.05, 0) is 54.1 Å². The first-order valence-corrected chi connectivity index (χ1v) is 13.6. The minimum Gasteiger partial charge on any atom is -0.507 e. The second-order valence-corrected chi connectivity index (χ2v) is 10.8. The lowest BCUT2D eigenvalue weighted by molar-refractivity contribution is -0.114. The highest BCUT2D eigenvalue weighted by Gasteiger charge is 2.14. The predicted molar refractivity (Wildman–Crippen MR) is 139 cm³/mol. The molecule has 0 saturated carbocycles. The Hall–Kier alpha value is -3.91. The third kappa shape index (κ3) is 6.86. The number of aromatic hydroxyl groups is 2. The highest BCUT2D eigenvalue weighted by atomic mass is 32.2. The lowest BCUT2D eigenvalue weighted by atomic mass is 10.1. The number of carbonyl (C=O) groups excluding carboxylic acids is 1. The van der Waals surface area contributed by atoms with Gasteiger partial charge in [0, 0.05) is 47.7 Å². The van der Waals surface area contributed by atoms with E-state index >= 15 is 0 Å². The molecule has 0 aliphatic carbocycles. The summed E-state index contributed by atoms with van der Waals surface area (Å²) in [6.07, 6.45) is 0. The molecule has 4 aromatic carbocycles. The van der Waals surface area contributed by atoms with Crippen LogP contribution < -0.4 is 10.6 Å². The second kappa shape index (κ2) is 10.6. The van der Waals surface area contributed by atoms with Crippen LogP contribution in [-0.4, -0.2) is 48.6 Å². The first-order valence-electron chi connectivity index (χ1n) is 10.7. The van der Waals surface area contributed by atoms with Crippen LogP contribution in [0.4, 0.5) is 11.4 Å². The Labute approximate surface area is 212 Å². The molecule has 0 unspecified atom stereocenters. The molecule has 0 saturated heterocycles. The number of phenols is 2. The van der Waals surface area contributed by atoms with Gasteiger partial charge in [-0.2, -0.15) is 16.8 Å². The quantitative estimate of drug-likeness (QED) is 0.199. The molecule has 196 valence electrons. The zero-order chi connectivity index (χ0) is 27.5. The molecular formula is C24H24N2O9S2. The van der Waals surface area contributed by atoms with E-state index in [1.54, 1.807) is 24.3 Å². The van der Waals surface area contributed by atoms with Gasteiger partial charge in [-0.25, -0.2) is 0 Å². The number of rotatable bonds is 5. The largest absolute Gasteiger partial charge is 0.507 e. The Balaban J connectivity index is 0.000000206. The van der Waals surface area contributed by atoms with Gasteiger partial charge >= 0.3 is 0 Å². The van der Waals surface area contributed by atoms with Gasteiger partial charge < -0.3 is 20.8 Å². The third-order valence-corrected chi connectivity index (χ3v) is 6.77. The molecule has 0 aliphatic rings. The van der Waals surface area contributed by atoms with Gasteiger partial charge in [-0.3, -0.25) is 13.9 Å². The second-order valence-electron chi connectivity index (χ2n) is 7.92. The smallest absolute Gasteiger partial charge is 0.294 e. The fourth-order valence-corrected chi connectivity index (χ4v) is 4.59. The molecule has 4 aromatic rings. The van der Waals surface area contributed by atoms with Crippen LogP contribution in [0.1, 0.15) is 13.8 Å². The van der Waals surface area contributed by atoms with E-state index in [9.17, 15) is 31.8 Å². The summed E-state index contributed by atoms with van der Waals surface area (Å²) < 4.78 is 62.0. The summed E-state index contributed by atoms with van der Waals surface area (Å²) in [6, 6.07) is 14.3. The molecule has 0 heterocycles. The summed E-state index contributed by atoms with van der Waals surface area (Å²) in [4.78, 5) is 10.2. The number of amides is 1. The Kier molecular flexibility index (Phi) is 7.93. The summed E-state index contributed by atoms with van der Waals surface area (Å²) in [7, 11) is -8.69. The standard InChI is InChI=1S/C12H11NO5S.C12H13NO4S/c1-7(14)13-9-3-2-8-4-10(19(16,17)18)6-12(15)11(8)5-9;1-2-13-9-4-3-8-5-10(18(15,16)17)7-12(14)11(8)6-9/h2-6,15H,1H3,(H,13,14)(H,16,17,18);3-7,13-14H,2H2,1H3,(H,15,16,17). The molecule has 0 bridgehead atoms. The van der Waals surface area contributed by atoms with Crippen LogP contribution >= 0.6 is 0 Å². The van der Waals surface area contributed by atoms with E-state index in [4.69, 9.17) is 9.11 Å². The van der Waals surface area contributed by atoms with E-state index in [0.29, 0.717) is 27.2 Å². The first-order chi connectivity index (χ1) is 17.2. The van der Waals surface area contributed by atoms with E-state index in [0.717, 1.165) is 24.4 Å². The summed E-state index contributed by atoms with van der Waals surface area (Å²) >= 11 is 0. The molecule has 11 nitrogen and oxygen atoms in total. The van der Waals surface area contributed by atoms with Crippen molar-refractivity contribution in [1.29, 1.82) is 0 Å². The molecule has 0 aliphatic heterocycles. The molecule has 13 heteroatoms. The predicted octanol–water partition coefficient (Wildman–Crippen LogP) is 3.97. The van der Waals surface area contributed by atoms with Crippen molar-refractivity contribution in [2.45, 2.75) is 23.6 Å². The maximum Gasteiger partial charge on any atom is 0.294 e. The summed E-state index contributed by atoms with van der Waals surface area (Å²) in [6.45, 7) is 4.05. The third-order valence-electron chi connectivity index (χ3n) is 5.11. The summed E-state index contributed by atoms with van der Waals surface area (Å²) in [5, 5.41) is 27.1. The summed E-state index contributed by atoms with van der Waals surface area (Å²) in [5.74, 6) is -0.731. The molecule has 0 spiro atoms. The van der Waals surface area contributed by atoms with Crippen molar-refractivity contribution in [2.24, 2.45) is 0 Å². The van der Waals surface area contributed by atoms with Crippen molar-refractivity contribution in [3.8, 4) is 11.5 Å². The van der Waals surface area contributed by atoms with E-state index in [1.165, 1.54) is 31.2 Å². The Morgan fingerprint density at radius 1 is 0.730 bits per heavy atom. The van der Waals surface area contributed by atoms with Crippen molar-refractivity contribution < 1.29 is 40.9 Å². The van der Waals surface area contributed by atoms with Crippen LogP contribution in [0.15, 0.2) is 70.5 Å². The van der Waals surface area contributed by atoms with E-state index < -0.39 is 20.2 Å². The minimum absolute atomic E-state index is 0.181. The minimum atomic E-state index is -4.38. The van der Waals surface area contributed by atoms with Crippen LogP contribution in [0.25, 0.3) is 21.5 Å². The molecular weight excluding hydrogens is 524 g/mol. The fourth-order valence-electron chi connectivity index (χ4n) is 3.52. The number of anilines is 2. The van der Waals surface area contributed by atoms with E-state index in [-0.39, 0.29) is 27.2 Å². The zero-order valence-electron chi connectivity index (χ0n) is 19.6. The van der Waals surface area contributed by atoms with Crippen LogP contribution in [0.2, 0.25) is 0 Å². The molecule has 6 N–H and O–H groups in total. The number of hydrogen-bond donors (Lipinski definition) is 6. The van der Waals surface area contributed by atoms with Gasteiger partial charge in [0.2, 0.25) is 5.91 Å². The monoisotopic (exact) mass is 548 g/mol. The van der Waals surface area contributed by atoms with E-state index in [2.05, 4.69) is 10.6 Å². The molecule has 0 aromatic heterocycles. The number of carbonyl (C=O) groups is 1. The van der Waals surface area contributed by atoms with Crippen LogP contribution in [-0.2, 0) is 25.0 Å². The molecule has 1 amide bonds. The topological polar surface area (TPSA) is 190 Å². The molecule has 0 radical (unpaired) electrons. The number of benzene rings is 4. The number of nitrogens with one attached hydrogen (secondary N) is 2. The lowest BCUT2D eigenvalue weighted by Crippen LogP contribution is -2.05. The van der Waals surface area contributed by atoms with Gasteiger partial charge in [-0.15, -0.1) is 0 Å². The average Bonchev–Trinajstić information content (AvgIpc) is 2.78. The van der Waals surface area contributed by atoms with Gasteiger partial charge in [0.25, 0.3) is 20.2 Å². The molecule has 4 rings (SSSR count). The Morgan fingerprint density at radius 2 is 1.16 bits per heavy atom. The zero-order valence-corrected chi connectivity index (χ0v) is 21.3. The highest BCUT2D eigenvalue weighted by Crippen LogP contribution is 2.32. The Morgan fingerprint density at radius 3 is 1.57 bits per heavy atom. The van der Waals surface area contributed by atoms with Crippen LogP contribution in [0.5, 0.6) is 11.5 Å². The van der Waals surface area contributed by atoms with Gasteiger partial charge in [0.05, 0.1) is 9.79 Å². The van der Waals surface area contributed by atoms with Crippen molar-refractivity contribution in [3.05, 3.63) is 60.7 Å². The summed E-state index contributed by atoms with van der Waals surface area (Å²) in [5.41, 5.74) is 1.31. The van der Waals surface area contributed by atoms with Gasteiger partial charge in [0.1, 0.15) is 11.5 Å². The van der Waals surface area contributed by atoms with Crippen molar-refractivity contribution in [1.82, 2.24) is 0 Å². The fraction of sp³-hybridized carbons (Fsp3) is 0.125. The number of fused-ring (bicyclic) bond motifs is 2. The number of phenolic OH excluding ortho intramolecular Hbond substituents is 2. The first kappa shape index (κ1) is 27.7. The van der Waals surface area contributed by atoms with Crippen molar-refractivity contribution >= 4 is 59.1 Å². The molecule has 0 fully saturated rings. The van der Waals surface area contributed by atoms with Crippen LogP contribution in [0.3, 0.4) is 0 Å². The van der Waals surface area contributed by atoms with Crippen LogP contribution in [0, 0.1) is 0 Å². The lowest BCUT2D eigenvalue weighted by Gasteiger charge is -2.08. The molecule has 0 atom stereocenters. The average molecular weight is 549 g/mol. The maximum absolute atomic E-state index is 11.0. The normalized spacial score (nSPS) is 11.6. The van der Waals surface area contributed by atoms with E-state index in [1.807, 2.05) is 6.92 Å². The Bertz CT molecular complexity index is 1720. The van der Waals surface area contributed by atoms with Crippen molar-refractivity contribution in [2.75, 3.05) is 17.2 Å². The van der Waals surface area contributed by atoms with Gasteiger partial charge in [-0.1, -0.05) is 12.1 Å². The molecule has 37 heavy (non-hydrogen) atoms. The SMILES string of the molecule is CC(=O)Nc1ccc2cc(S(=O)(=O)O)cc(O)c2c1.CCNc1ccc2cc(S(=O)(=O)O)cc(O)c2c1. The van der Waals surface area contributed by atoms with Crippen molar-refractivity contribution in [3.63, 3.8) is 0 Å². The number of hydrogen-bond acceptors (Lipinski definition) is 8.